The van der Waals surface area contributed by atoms with Crippen molar-refractivity contribution in [2.45, 2.75) is 91.8 Å². The van der Waals surface area contributed by atoms with Gasteiger partial charge in [-0.1, -0.05) is 152 Å². The second-order valence-electron chi connectivity index (χ2n) is 20.3. The van der Waals surface area contributed by atoms with Crippen molar-refractivity contribution in [3.63, 3.8) is 0 Å². The summed E-state index contributed by atoms with van der Waals surface area (Å²) < 4.78 is 74.2. The van der Waals surface area contributed by atoms with Crippen LogP contribution in [0.2, 0.25) is 0 Å². The third-order valence-electron chi connectivity index (χ3n) is 13.6. The molecule has 0 atom stereocenters. The number of anilines is 4. The molecule has 0 saturated heterocycles. The third-order valence-corrected chi connectivity index (χ3v) is 13.6. The largest absolute Gasteiger partial charge is 0.509 e. The van der Waals surface area contributed by atoms with Crippen molar-refractivity contribution in [3.05, 3.63) is 199 Å². The molecule has 0 amide bonds. The van der Waals surface area contributed by atoms with Crippen LogP contribution in [0.5, 0.6) is 11.5 Å². The Hall–Kier alpha value is -6.42. The van der Waals surface area contributed by atoms with Gasteiger partial charge < -0.3 is 19.1 Å². The predicted molar refractivity (Wildman–Crippen MR) is 287 cm³/mol. The Kier molecular flexibility index (Phi) is 10.5. The van der Waals surface area contributed by atoms with Gasteiger partial charge in [0.25, 0.3) is 0 Å². The summed E-state index contributed by atoms with van der Waals surface area (Å²) in [4.78, 5) is 8.89. The van der Waals surface area contributed by atoms with Gasteiger partial charge in [-0.15, -0.1) is 48.1 Å². The van der Waals surface area contributed by atoms with Crippen molar-refractivity contribution in [2.24, 2.45) is 11.8 Å². The molecule has 11 rings (SSSR count). The van der Waals surface area contributed by atoms with Gasteiger partial charge in [0.05, 0.1) is 4.11 Å². The Morgan fingerprint density at radius 2 is 1.31 bits per heavy atom. The van der Waals surface area contributed by atoms with E-state index in [-0.39, 0.29) is 56.4 Å². The van der Waals surface area contributed by atoms with Crippen molar-refractivity contribution in [3.8, 4) is 39.6 Å². The minimum absolute atomic E-state index is 0. The maximum atomic E-state index is 10.1. The number of para-hydroxylation sites is 4. The molecule has 0 fully saturated rings. The van der Waals surface area contributed by atoms with E-state index in [2.05, 4.69) is 50.8 Å². The maximum Gasteiger partial charge on any atom is 0.135 e. The Morgan fingerprint density at radius 1 is 0.657 bits per heavy atom. The first-order valence-electron chi connectivity index (χ1n) is 27.6. The van der Waals surface area contributed by atoms with E-state index in [0.717, 1.165) is 68.3 Å². The molecule has 1 aliphatic heterocycles. The second kappa shape index (κ2) is 18.7. The second-order valence-corrected chi connectivity index (χ2v) is 20.3. The van der Waals surface area contributed by atoms with Crippen LogP contribution in [-0.4, -0.2) is 9.55 Å². The summed E-state index contributed by atoms with van der Waals surface area (Å²) >= 11 is 0. The molecule has 0 radical (unpaired) electrons. The number of benzene rings is 7. The van der Waals surface area contributed by atoms with E-state index >= 15 is 0 Å². The van der Waals surface area contributed by atoms with E-state index < -0.39 is 18.2 Å². The number of rotatable bonds is 11. The minimum Gasteiger partial charge on any atom is -0.509 e. The normalized spacial score (nSPS) is 16.7. The predicted octanol–water partition coefficient (Wildman–Crippen LogP) is 17.1. The van der Waals surface area contributed by atoms with Gasteiger partial charge in [0, 0.05) is 77.9 Å². The summed E-state index contributed by atoms with van der Waals surface area (Å²) in [5, 5.41) is 1.96. The molecule has 6 heteroatoms. The molecule has 3 heterocycles. The van der Waals surface area contributed by atoms with E-state index in [1.165, 1.54) is 0 Å². The van der Waals surface area contributed by atoms with Gasteiger partial charge in [0.15, 0.2) is 0 Å². The summed E-state index contributed by atoms with van der Waals surface area (Å²) in [6.07, 6.45) is 0.175. The summed E-state index contributed by atoms with van der Waals surface area (Å²) in [6.45, 7) is 18.1. The van der Waals surface area contributed by atoms with Crippen molar-refractivity contribution in [2.75, 3.05) is 9.80 Å². The average Bonchev–Trinajstić information content (AvgIpc) is 3.97. The molecule has 0 saturated carbocycles. The third kappa shape index (κ3) is 8.76. The van der Waals surface area contributed by atoms with Crippen LogP contribution in [0.1, 0.15) is 100 Å². The number of nitrogens with zero attached hydrogens (tertiary/aromatic N) is 4. The monoisotopic (exact) mass is 1100 g/mol. The van der Waals surface area contributed by atoms with Crippen LogP contribution in [0.25, 0.3) is 49.9 Å². The van der Waals surface area contributed by atoms with Crippen molar-refractivity contribution in [1.82, 2.24) is 9.55 Å². The van der Waals surface area contributed by atoms with Gasteiger partial charge in [0.1, 0.15) is 5.82 Å². The average molecular weight is 1100 g/mol. The van der Waals surface area contributed by atoms with E-state index in [0.29, 0.717) is 50.9 Å². The van der Waals surface area contributed by atoms with Gasteiger partial charge >= 0.3 is 0 Å². The Bertz CT molecular complexity index is 3770. The molecule has 70 heavy (non-hydrogen) atoms. The zero-order valence-corrected chi connectivity index (χ0v) is 43.2. The van der Waals surface area contributed by atoms with Gasteiger partial charge in [-0.05, 0) is 117 Å². The van der Waals surface area contributed by atoms with E-state index in [4.69, 9.17) is 15.2 Å². The first kappa shape index (κ1) is 39.3. The van der Waals surface area contributed by atoms with Crippen LogP contribution in [0, 0.1) is 30.6 Å². The molecule has 0 bridgehead atoms. The maximum absolute atomic E-state index is 10.1. The van der Waals surface area contributed by atoms with Crippen LogP contribution < -0.4 is 14.5 Å². The van der Waals surface area contributed by atoms with Gasteiger partial charge in [-0.2, -0.15) is 12.1 Å². The Morgan fingerprint density at radius 3 is 2.09 bits per heavy atom. The van der Waals surface area contributed by atoms with Gasteiger partial charge in [-0.3, -0.25) is 0 Å². The SMILES string of the molecule is [2H]c1c([2H])c2c(c([2H])c1-c1cccc(-c3cccc(C([2H])([2H])C(C)C)c3)c1N1[CH-]N(c3[c-]c(Oc4[c-]c5c(cc4)c4ccccc4n5-c4cc(C([2H])([2H])C(C)C)ccn4)ccc3)c3ccccc31)C(C)(C)CCC2(C)C.[Pt]. The fraction of sp³-hybridized carbons (Fsp3) is 0.250. The molecule has 0 N–H and O–H groups in total. The first-order valence-corrected chi connectivity index (χ1v) is 24.1. The molecule has 2 aromatic heterocycles. The fourth-order valence-electron chi connectivity index (χ4n) is 10.2. The van der Waals surface area contributed by atoms with Gasteiger partial charge in [-0.25, -0.2) is 4.98 Å². The number of fused-ring (bicyclic) bond motifs is 5. The molecule has 9 aromatic rings. The zero-order valence-electron chi connectivity index (χ0n) is 47.9. The van der Waals surface area contributed by atoms with E-state index in [1.807, 2.05) is 165 Å². The van der Waals surface area contributed by atoms with E-state index in [1.54, 1.807) is 12.3 Å². The fourth-order valence-corrected chi connectivity index (χ4v) is 10.2. The summed E-state index contributed by atoms with van der Waals surface area (Å²) in [5.41, 5.74) is 9.18. The molecule has 356 valence electrons. The van der Waals surface area contributed by atoms with Crippen LogP contribution >= 0.6 is 0 Å². The topological polar surface area (TPSA) is 33.5 Å². The van der Waals surface area contributed by atoms with Crippen molar-refractivity contribution in [1.29, 1.82) is 0 Å². The quantitative estimate of drug-likeness (QED) is 0.121. The zero-order chi connectivity index (χ0) is 53.8. The molecule has 1 aliphatic carbocycles. The number of hydrogen-bond donors (Lipinski definition) is 0. The van der Waals surface area contributed by atoms with Crippen molar-refractivity contribution >= 4 is 44.6 Å². The number of ether oxygens (including phenoxy) is 1. The number of pyridine rings is 1. The van der Waals surface area contributed by atoms with Gasteiger partial charge in [0.2, 0.25) is 0 Å². The summed E-state index contributed by atoms with van der Waals surface area (Å²) in [6, 6.07) is 50.4. The van der Waals surface area contributed by atoms with Crippen LogP contribution in [0.15, 0.2) is 158 Å². The standard InChI is InChI=1S/C64H61N4O.Pt/c1-42(2)34-44-16-13-17-46(36-44)51-21-15-22-52(47-26-29-55-56(38-47)64(7,8)32-31-63(55,5)6)62(51)67-41-66(58-24-11-12-25-59(58)67)48-18-14-19-49(39-48)69-50-27-28-54-53-20-9-10-23-57(53)68(60(54)40-50)61-37-45(30-33-65-61)35-43(3)4;/h9-30,33,36-38,41-43H,31-32,34-35H2,1-8H3;/q-3;/i26D,29D,34D2,35D2,38D;. The number of aromatic nitrogens is 2. The molecule has 7 aromatic carbocycles. The summed E-state index contributed by atoms with van der Waals surface area (Å²) in [7, 11) is 0. The van der Waals surface area contributed by atoms with Crippen LogP contribution in [0.4, 0.5) is 22.7 Å². The van der Waals surface area contributed by atoms with Crippen LogP contribution in [0.3, 0.4) is 0 Å². The molecular formula is C64H61N4OPt-3. The van der Waals surface area contributed by atoms with Crippen molar-refractivity contribution < 1.29 is 35.4 Å². The minimum atomic E-state index is -1.61. The van der Waals surface area contributed by atoms with Crippen LogP contribution in [-0.2, 0) is 44.6 Å². The summed E-state index contributed by atoms with van der Waals surface area (Å²) in [5.74, 6) is 0.945. The Balaban J connectivity index is 0.00000672. The first-order chi connectivity index (χ1) is 36.1. The molecule has 0 unspecified atom stereocenters. The molecule has 2 aliphatic rings. The van der Waals surface area contributed by atoms with E-state index in [9.17, 15) is 4.11 Å². The smallest absolute Gasteiger partial charge is 0.135 e. The Labute approximate surface area is 439 Å². The molecule has 0 spiro atoms. The molecular weight excluding hydrogens is 1040 g/mol. The number of hydrogen-bond acceptors (Lipinski definition) is 4. The molecule has 5 nitrogen and oxygen atoms in total.